The molecule has 7 heteroatoms. The average Bonchev–Trinajstić information content (AvgIpc) is 3.11. The van der Waals surface area contributed by atoms with Crippen molar-refractivity contribution in [1.82, 2.24) is 4.90 Å². The van der Waals surface area contributed by atoms with E-state index in [4.69, 9.17) is 4.74 Å². The lowest BCUT2D eigenvalue weighted by molar-refractivity contribution is -0.194. The van der Waals surface area contributed by atoms with Crippen molar-refractivity contribution in [2.75, 3.05) is 13.1 Å². The van der Waals surface area contributed by atoms with E-state index in [9.17, 15) is 22.8 Å². The van der Waals surface area contributed by atoms with E-state index < -0.39 is 36.1 Å². The van der Waals surface area contributed by atoms with Crippen LogP contribution in [0.1, 0.15) is 40.5 Å². The molecule has 0 bridgehead atoms. The van der Waals surface area contributed by atoms with Crippen molar-refractivity contribution in [2.45, 2.75) is 52.3 Å². The summed E-state index contributed by atoms with van der Waals surface area (Å²) in [6.45, 7) is 5.92. The van der Waals surface area contributed by atoms with Crippen molar-refractivity contribution in [3.63, 3.8) is 0 Å². The summed E-state index contributed by atoms with van der Waals surface area (Å²) in [7, 11) is 0. The molecule has 2 aliphatic rings. The Hall–Kier alpha value is -1.27. The molecule has 1 heterocycles. The second-order valence-corrected chi connectivity index (χ2v) is 7.66. The normalized spacial score (nSPS) is 27.0. The lowest BCUT2D eigenvalue weighted by Gasteiger charge is -2.25. The smallest absolute Gasteiger partial charge is 0.394 e. The second-order valence-electron chi connectivity index (χ2n) is 7.66. The fourth-order valence-electron chi connectivity index (χ4n) is 3.02. The number of ether oxygens (including phenoxy) is 1. The maximum Gasteiger partial charge on any atom is 0.394 e. The van der Waals surface area contributed by atoms with Gasteiger partial charge in [0.15, 0.2) is 0 Å². The first-order valence-electron chi connectivity index (χ1n) is 7.98. The van der Waals surface area contributed by atoms with Gasteiger partial charge in [0.05, 0.1) is 11.8 Å². The highest BCUT2D eigenvalue weighted by Gasteiger charge is 2.55. The molecule has 1 amide bonds. The predicted molar refractivity (Wildman–Crippen MR) is 77.3 cm³/mol. The molecule has 132 valence electrons. The summed E-state index contributed by atoms with van der Waals surface area (Å²) in [4.78, 5) is 25.7. The summed E-state index contributed by atoms with van der Waals surface area (Å²) in [5, 5.41) is 0. The summed E-state index contributed by atoms with van der Waals surface area (Å²) in [5.74, 6) is -4.37. The van der Waals surface area contributed by atoms with Gasteiger partial charge in [-0.15, -0.1) is 0 Å². The van der Waals surface area contributed by atoms with Crippen LogP contribution in [0.4, 0.5) is 13.2 Å². The number of alkyl halides is 3. The number of hydrogen-bond acceptors (Lipinski definition) is 3. The Labute approximate surface area is 134 Å². The lowest BCUT2D eigenvalue weighted by atomic mass is 9.95. The number of esters is 1. The molecule has 0 aromatic rings. The van der Waals surface area contributed by atoms with E-state index in [1.54, 1.807) is 27.7 Å². The van der Waals surface area contributed by atoms with Crippen molar-refractivity contribution in [3.8, 4) is 0 Å². The highest BCUT2D eigenvalue weighted by atomic mass is 19.4. The maximum atomic E-state index is 13.3. The van der Waals surface area contributed by atoms with E-state index >= 15 is 0 Å². The largest absolute Gasteiger partial charge is 0.460 e. The third-order valence-corrected chi connectivity index (χ3v) is 4.48. The van der Waals surface area contributed by atoms with E-state index in [1.165, 1.54) is 4.90 Å². The van der Waals surface area contributed by atoms with E-state index in [0.29, 0.717) is 0 Å². The number of amides is 1. The number of nitrogens with zero attached hydrogens (tertiary/aromatic N) is 1. The van der Waals surface area contributed by atoms with E-state index in [1.807, 2.05) is 0 Å². The third-order valence-electron chi connectivity index (χ3n) is 4.48. The van der Waals surface area contributed by atoms with E-state index in [2.05, 4.69) is 0 Å². The summed E-state index contributed by atoms with van der Waals surface area (Å²) < 4.78 is 44.9. The van der Waals surface area contributed by atoms with Crippen LogP contribution >= 0.6 is 0 Å². The third kappa shape index (κ3) is 4.38. The first-order chi connectivity index (χ1) is 10.4. The highest BCUT2D eigenvalue weighted by molar-refractivity contribution is 5.81. The fraction of sp³-hybridized carbons (Fsp3) is 0.875. The molecule has 3 atom stereocenters. The van der Waals surface area contributed by atoms with Crippen molar-refractivity contribution in [2.24, 2.45) is 23.7 Å². The van der Waals surface area contributed by atoms with E-state index in [-0.39, 0.29) is 24.3 Å². The average molecular weight is 335 g/mol. The molecule has 1 aliphatic heterocycles. The van der Waals surface area contributed by atoms with Gasteiger partial charge in [0.2, 0.25) is 5.91 Å². The standard InChI is InChI=1S/C16H24F3NO3/c1-9(10-5-6-10)13(21)20-7-11(12(8-20)16(17,18)19)14(22)23-15(2,3)4/h9-12H,5-8H2,1-4H3/t9-,11-,12-/m1/s1. The maximum absolute atomic E-state index is 13.3. The Morgan fingerprint density at radius 2 is 1.70 bits per heavy atom. The van der Waals surface area contributed by atoms with Gasteiger partial charge >= 0.3 is 12.1 Å². The van der Waals surface area contributed by atoms with Crippen LogP contribution in [-0.4, -0.2) is 41.6 Å². The number of carbonyl (C=O) groups excluding carboxylic acids is 2. The molecule has 0 unspecified atom stereocenters. The molecular formula is C16H24F3NO3. The Morgan fingerprint density at radius 1 is 1.13 bits per heavy atom. The quantitative estimate of drug-likeness (QED) is 0.745. The SMILES string of the molecule is C[C@@H](C(=O)N1C[C@@H](C(F)(F)F)[C@H](C(=O)OC(C)(C)C)C1)C1CC1. The number of likely N-dealkylation sites (tertiary alicyclic amines) is 1. The molecule has 0 aromatic heterocycles. The zero-order valence-electron chi connectivity index (χ0n) is 13.9. The monoisotopic (exact) mass is 335 g/mol. The van der Waals surface area contributed by atoms with Crippen LogP contribution in [0.3, 0.4) is 0 Å². The zero-order valence-corrected chi connectivity index (χ0v) is 13.9. The minimum atomic E-state index is -4.53. The van der Waals surface area contributed by atoms with Gasteiger partial charge in [-0.3, -0.25) is 9.59 Å². The Kier molecular flexibility index (Phi) is 4.70. The van der Waals surface area contributed by atoms with Crippen LogP contribution in [0.5, 0.6) is 0 Å². The van der Waals surface area contributed by atoms with Gasteiger partial charge in [-0.25, -0.2) is 0 Å². The molecular weight excluding hydrogens is 311 g/mol. The first kappa shape index (κ1) is 18.1. The zero-order chi connectivity index (χ0) is 17.6. The van der Waals surface area contributed by atoms with Crippen molar-refractivity contribution >= 4 is 11.9 Å². The Balaban J connectivity index is 2.12. The van der Waals surface area contributed by atoms with Gasteiger partial charge < -0.3 is 9.64 Å². The number of halogens is 3. The van der Waals surface area contributed by atoms with Crippen molar-refractivity contribution < 1.29 is 27.5 Å². The second kappa shape index (κ2) is 5.98. The Morgan fingerprint density at radius 3 is 2.13 bits per heavy atom. The van der Waals surface area contributed by atoms with Crippen molar-refractivity contribution in [3.05, 3.63) is 0 Å². The van der Waals surface area contributed by atoms with Gasteiger partial charge in [0, 0.05) is 19.0 Å². The Bertz CT molecular complexity index is 480. The van der Waals surface area contributed by atoms with Gasteiger partial charge in [-0.2, -0.15) is 13.2 Å². The molecule has 23 heavy (non-hydrogen) atoms. The van der Waals surface area contributed by atoms with Crippen LogP contribution in [0.15, 0.2) is 0 Å². The van der Waals surface area contributed by atoms with Crippen LogP contribution in [-0.2, 0) is 14.3 Å². The molecule has 1 saturated heterocycles. The molecule has 0 radical (unpaired) electrons. The minimum absolute atomic E-state index is 0.213. The summed E-state index contributed by atoms with van der Waals surface area (Å²) in [5.41, 5.74) is -0.855. The molecule has 0 aromatic carbocycles. The van der Waals surface area contributed by atoms with Crippen LogP contribution < -0.4 is 0 Å². The van der Waals surface area contributed by atoms with E-state index in [0.717, 1.165) is 12.8 Å². The molecule has 4 nitrogen and oxygen atoms in total. The van der Waals surface area contributed by atoms with Gasteiger partial charge in [0.1, 0.15) is 5.60 Å². The topological polar surface area (TPSA) is 46.6 Å². The van der Waals surface area contributed by atoms with Gasteiger partial charge in [0.25, 0.3) is 0 Å². The highest BCUT2D eigenvalue weighted by Crippen LogP contribution is 2.42. The minimum Gasteiger partial charge on any atom is -0.460 e. The van der Waals surface area contributed by atoms with Crippen molar-refractivity contribution in [1.29, 1.82) is 0 Å². The van der Waals surface area contributed by atoms with Crippen LogP contribution in [0.25, 0.3) is 0 Å². The molecule has 0 spiro atoms. The predicted octanol–water partition coefficient (Wildman–Crippen LogP) is 3.01. The van der Waals surface area contributed by atoms with Crippen LogP contribution in [0, 0.1) is 23.7 Å². The number of rotatable bonds is 3. The molecule has 1 aliphatic carbocycles. The molecule has 0 N–H and O–H groups in total. The lowest BCUT2D eigenvalue weighted by Crippen LogP contribution is -2.37. The van der Waals surface area contributed by atoms with Crippen LogP contribution in [0.2, 0.25) is 0 Å². The van der Waals surface area contributed by atoms with Gasteiger partial charge in [-0.05, 0) is 39.5 Å². The summed E-state index contributed by atoms with van der Waals surface area (Å²) >= 11 is 0. The first-order valence-corrected chi connectivity index (χ1v) is 7.98. The van der Waals surface area contributed by atoms with Gasteiger partial charge in [-0.1, -0.05) is 6.92 Å². The number of hydrogen-bond donors (Lipinski definition) is 0. The molecule has 2 fully saturated rings. The summed E-state index contributed by atoms with van der Waals surface area (Å²) in [6, 6.07) is 0. The number of carbonyl (C=O) groups is 2. The summed E-state index contributed by atoms with van der Waals surface area (Å²) in [6.07, 6.45) is -2.64. The fourth-order valence-corrected chi connectivity index (χ4v) is 3.02. The molecule has 2 rings (SSSR count). The molecule has 1 saturated carbocycles.